The van der Waals surface area contributed by atoms with Gasteiger partial charge >= 0.3 is 6.18 Å². The van der Waals surface area contributed by atoms with Gasteiger partial charge in [0.05, 0.1) is 0 Å². The van der Waals surface area contributed by atoms with Crippen molar-refractivity contribution < 1.29 is 30.4 Å². The molecular weight excluding hydrogens is 373 g/mol. The molecule has 0 radical (unpaired) electrons. The Kier molecular flexibility index (Phi) is 5.50. The van der Waals surface area contributed by atoms with Crippen LogP contribution in [0.15, 0.2) is 23.1 Å². The van der Waals surface area contributed by atoms with Crippen LogP contribution in [0.4, 0.5) is 22.0 Å². The first kappa shape index (κ1) is 17.3. The Morgan fingerprint density at radius 2 is 1.80 bits per heavy atom. The molecule has 0 saturated heterocycles. The molecule has 0 bridgehead atoms. The molecule has 0 N–H and O–H groups in total. The lowest BCUT2D eigenvalue weighted by Gasteiger charge is -2.22. The van der Waals surface area contributed by atoms with Crippen molar-refractivity contribution in [2.45, 2.75) is 11.1 Å². The molecule has 0 heterocycles. The van der Waals surface area contributed by atoms with Crippen LogP contribution in [0.25, 0.3) is 0 Å². The van der Waals surface area contributed by atoms with Crippen LogP contribution in [-0.2, 0) is 10.0 Å². The molecule has 0 aliphatic carbocycles. The van der Waals surface area contributed by atoms with Crippen molar-refractivity contribution in [3.63, 3.8) is 0 Å². The largest absolute Gasteiger partial charge is 0.402 e. The van der Waals surface area contributed by atoms with Gasteiger partial charge in [0.2, 0.25) is 10.0 Å². The Balaban J connectivity index is 3.26. The molecule has 3 nitrogen and oxygen atoms in total. The van der Waals surface area contributed by atoms with Gasteiger partial charge < -0.3 is 0 Å². The molecule has 0 aromatic heterocycles. The zero-order valence-corrected chi connectivity index (χ0v) is 12.2. The van der Waals surface area contributed by atoms with E-state index in [0.717, 1.165) is 0 Å². The van der Waals surface area contributed by atoms with Crippen LogP contribution >= 0.6 is 15.9 Å². The Morgan fingerprint density at radius 3 is 2.30 bits per heavy atom. The number of nitrogens with zero attached hydrogens (tertiary/aromatic N) is 1. The van der Waals surface area contributed by atoms with Crippen molar-refractivity contribution in [2.24, 2.45) is 0 Å². The third-order valence-electron chi connectivity index (χ3n) is 2.20. The fourth-order valence-electron chi connectivity index (χ4n) is 1.39. The van der Waals surface area contributed by atoms with Crippen molar-refractivity contribution >= 4 is 26.0 Å². The molecule has 114 valence electrons. The van der Waals surface area contributed by atoms with Gasteiger partial charge in [-0.3, -0.25) is 0 Å². The van der Waals surface area contributed by atoms with E-state index in [9.17, 15) is 30.4 Å². The molecule has 20 heavy (non-hydrogen) atoms. The SMILES string of the molecule is O=S(=O)(c1cc(F)ccc1F)N(CCBr)CC(F)(F)F. The highest BCUT2D eigenvalue weighted by atomic mass is 79.9. The Bertz CT molecular complexity index is 576. The Morgan fingerprint density at radius 1 is 1.20 bits per heavy atom. The number of halogens is 6. The van der Waals surface area contributed by atoms with Crippen LogP contribution in [0.2, 0.25) is 0 Å². The molecule has 0 amide bonds. The first-order chi connectivity index (χ1) is 9.08. The number of benzene rings is 1. The summed E-state index contributed by atoms with van der Waals surface area (Å²) in [5.41, 5.74) is 0. The van der Waals surface area contributed by atoms with E-state index in [2.05, 4.69) is 15.9 Å². The minimum Gasteiger partial charge on any atom is -0.207 e. The van der Waals surface area contributed by atoms with Gasteiger partial charge in [-0.2, -0.15) is 17.5 Å². The summed E-state index contributed by atoms with van der Waals surface area (Å²) in [7, 11) is -4.78. The van der Waals surface area contributed by atoms with Gasteiger partial charge in [-0.15, -0.1) is 0 Å². The van der Waals surface area contributed by atoms with Gasteiger partial charge in [-0.1, -0.05) is 15.9 Å². The first-order valence-electron chi connectivity index (χ1n) is 5.16. The lowest BCUT2D eigenvalue weighted by atomic mass is 10.3. The van der Waals surface area contributed by atoms with E-state index in [-0.39, 0.29) is 9.64 Å². The molecule has 10 heteroatoms. The van der Waals surface area contributed by atoms with Crippen molar-refractivity contribution in [1.82, 2.24) is 4.31 Å². The topological polar surface area (TPSA) is 37.4 Å². The predicted octanol–water partition coefficient (Wildman–Crippen LogP) is 2.91. The maximum atomic E-state index is 13.4. The standard InChI is InChI=1S/C10H9BrF5NO2S/c11-3-4-17(6-10(14,15)16)20(18,19)9-5-7(12)1-2-8(9)13/h1-2,5H,3-4,6H2. The number of hydrogen-bond acceptors (Lipinski definition) is 2. The van der Waals surface area contributed by atoms with Crippen LogP contribution in [0.1, 0.15) is 0 Å². The van der Waals surface area contributed by atoms with E-state index >= 15 is 0 Å². The second kappa shape index (κ2) is 6.35. The predicted molar refractivity (Wildman–Crippen MR) is 65.0 cm³/mol. The molecule has 0 fully saturated rings. The molecule has 0 saturated carbocycles. The van der Waals surface area contributed by atoms with E-state index in [1.165, 1.54) is 0 Å². The second-order valence-corrected chi connectivity index (χ2v) is 6.42. The van der Waals surface area contributed by atoms with E-state index in [1.54, 1.807) is 0 Å². The average molecular weight is 382 g/mol. The van der Waals surface area contributed by atoms with Crippen molar-refractivity contribution in [3.05, 3.63) is 29.8 Å². The van der Waals surface area contributed by atoms with Gasteiger partial charge in [0, 0.05) is 11.9 Å². The van der Waals surface area contributed by atoms with Gasteiger partial charge in [0.1, 0.15) is 23.1 Å². The van der Waals surface area contributed by atoms with Gasteiger partial charge in [-0.25, -0.2) is 17.2 Å². The summed E-state index contributed by atoms with van der Waals surface area (Å²) in [4.78, 5) is -1.12. The van der Waals surface area contributed by atoms with E-state index in [1.807, 2.05) is 0 Å². The number of sulfonamides is 1. The highest BCUT2D eigenvalue weighted by molar-refractivity contribution is 9.09. The van der Waals surface area contributed by atoms with Crippen LogP contribution < -0.4 is 0 Å². The molecule has 0 spiro atoms. The summed E-state index contributed by atoms with van der Waals surface area (Å²) in [6, 6.07) is 1.57. The normalized spacial score (nSPS) is 12.9. The number of alkyl halides is 4. The minimum absolute atomic E-state index is 0.0413. The van der Waals surface area contributed by atoms with Crippen LogP contribution in [0.5, 0.6) is 0 Å². The fraction of sp³-hybridized carbons (Fsp3) is 0.400. The highest BCUT2D eigenvalue weighted by Gasteiger charge is 2.37. The van der Waals surface area contributed by atoms with Gasteiger partial charge in [0.15, 0.2) is 0 Å². The van der Waals surface area contributed by atoms with Crippen LogP contribution in [0.3, 0.4) is 0 Å². The fourth-order valence-corrected chi connectivity index (χ4v) is 3.56. The summed E-state index contributed by atoms with van der Waals surface area (Å²) in [6.07, 6.45) is -4.79. The molecule has 0 unspecified atom stereocenters. The van der Waals surface area contributed by atoms with Crippen molar-refractivity contribution in [1.29, 1.82) is 0 Å². The second-order valence-electron chi connectivity index (χ2n) is 3.72. The summed E-state index contributed by atoms with van der Waals surface area (Å²) < 4.78 is 87.5. The smallest absolute Gasteiger partial charge is 0.207 e. The molecule has 0 atom stereocenters. The molecule has 1 aromatic carbocycles. The van der Waals surface area contributed by atoms with Crippen LogP contribution in [0, 0.1) is 11.6 Å². The zero-order chi connectivity index (χ0) is 15.6. The number of rotatable bonds is 5. The third-order valence-corrected chi connectivity index (χ3v) is 4.42. The average Bonchev–Trinajstić information content (AvgIpc) is 2.30. The quantitative estimate of drug-likeness (QED) is 0.580. The lowest BCUT2D eigenvalue weighted by molar-refractivity contribution is -0.135. The maximum Gasteiger partial charge on any atom is 0.402 e. The van der Waals surface area contributed by atoms with Gasteiger partial charge in [-0.05, 0) is 18.2 Å². The molecule has 0 aliphatic heterocycles. The van der Waals surface area contributed by atoms with Crippen LogP contribution in [-0.4, -0.2) is 37.3 Å². The van der Waals surface area contributed by atoms with Crippen molar-refractivity contribution in [3.8, 4) is 0 Å². The monoisotopic (exact) mass is 381 g/mol. The number of hydrogen-bond donors (Lipinski definition) is 0. The highest BCUT2D eigenvalue weighted by Crippen LogP contribution is 2.25. The lowest BCUT2D eigenvalue weighted by Crippen LogP contribution is -2.40. The zero-order valence-electron chi connectivity index (χ0n) is 9.79. The van der Waals surface area contributed by atoms with E-state index < -0.39 is 45.8 Å². The molecular formula is C10H9BrF5NO2S. The van der Waals surface area contributed by atoms with E-state index in [4.69, 9.17) is 0 Å². The maximum absolute atomic E-state index is 13.4. The summed E-state index contributed by atoms with van der Waals surface area (Å²) in [6.45, 7) is -2.31. The van der Waals surface area contributed by atoms with Gasteiger partial charge in [0.25, 0.3) is 0 Å². The summed E-state index contributed by atoms with van der Waals surface area (Å²) >= 11 is 2.81. The Hall–Kier alpha value is -0.740. The van der Waals surface area contributed by atoms with Crippen molar-refractivity contribution in [2.75, 3.05) is 18.4 Å². The van der Waals surface area contributed by atoms with E-state index in [0.29, 0.717) is 18.2 Å². The minimum atomic E-state index is -4.79. The summed E-state index contributed by atoms with van der Waals surface area (Å²) in [5, 5.41) is -0.0841. The first-order valence-corrected chi connectivity index (χ1v) is 7.72. The molecule has 1 aromatic rings. The molecule has 1 rings (SSSR count). The summed E-state index contributed by atoms with van der Waals surface area (Å²) in [5.74, 6) is -2.37. The third kappa shape index (κ3) is 4.38. The molecule has 0 aliphatic rings. The Labute approximate surface area is 120 Å².